The van der Waals surface area contributed by atoms with Crippen molar-refractivity contribution >= 4 is 38.6 Å². The molecule has 3 aromatic rings. The minimum absolute atomic E-state index is 0.116. The molecule has 1 N–H and O–H groups in total. The van der Waals surface area contributed by atoms with Crippen LogP contribution in [0.3, 0.4) is 0 Å². The first kappa shape index (κ1) is 18.0. The molecule has 2 aromatic carbocycles. The first-order valence-electron chi connectivity index (χ1n) is 8.43. The van der Waals surface area contributed by atoms with Gasteiger partial charge in [-0.15, -0.1) is 0 Å². The summed E-state index contributed by atoms with van der Waals surface area (Å²) in [4.78, 5) is 21.7. The van der Waals surface area contributed by atoms with Crippen molar-refractivity contribution in [1.29, 1.82) is 0 Å². The SMILES string of the molecule is O=C(c1ccc2nc[nH]c2c1)N1CCN(S(=O)(=O)c2ccc(Cl)cc2)CC1. The van der Waals surface area contributed by atoms with Gasteiger partial charge in [0.15, 0.2) is 0 Å². The summed E-state index contributed by atoms with van der Waals surface area (Å²) >= 11 is 5.83. The fourth-order valence-corrected chi connectivity index (χ4v) is 4.69. The monoisotopic (exact) mass is 404 g/mol. The van der Waals surface area contributed by atoms with Gasteiger partial charge in [0.25, 0.3) is 5.91 Å². The average Bonchev–Trinajstić information content (AvgIpc) is 3.15. The summed E-state index contributed by atoms with van der Waals surface area (Å²) in [6.45, 7) is 1.19. The lowest BCUT2D eigenvalue weighted by Crippen LogP contribution is -2.50. The molecule has 1 aromatic heterocycles. The number of halogens is 1. The van der Waals surface area contributed by atoms with Gasteiger partial charge in [0.05, 0.1) is 22.3 Å². The summed E-state index contributed by atoms with van der Waals surface area (Å²) in [5.41, 5.74) is 2.15. The molecule has 0 bridgehead atoms. The second-order valence-corrected chi connectivity index (χ2v) is 8.66. The molecule has 1 aliphatic heterocycles. The second kappa shape index (κ2) is 6.95. The molecule has 4 rings (SSSR count). The number of nitrogens with zero attached hydrogens (tertiary/aromatic N) is 3. The molecule has 0 saturated carbocycles. The number of nitrogens with one attached hydrogen (secondary N) is 1. The average molecular weight is 405 g/mol. The summed E-state index contributed by atoms with van der Waals surface area (Å²) in [5, 5.41) is 0.485. The van der Waals surface area contributed by atoms with Crippen molar-refractivity contribution in [3.63, 3.8) is 0 Å². The van der Waals surface area contributed by atoms with Crippen LogP contribution < -0.4 is 0 Å². The Morgan fingerprint density at radius 2 is 1.74 bits per heavy atom. The molecular formula is C18H17ClN4O3S. The Hall–Kier alpha value is -2.42. The van der Waals surface area contributed by atoms with Gasteiger partial charge in [-0.05, 0) is 42.5 Å². The lowest BCUT2D eigenvalue weighted by atomic mass is 10.1. The van der Waals surface area contributed by atoms with E-state index in [0.29, 0.717) is 23.7 Å². The molecule has 27 heavy (non-hydrogen) atoms. The van der Waals surface area contributed by atoms with E-state index in [-0.39, 0.29) is 23.9 Å². The third-order valence-electron chi connectivity index (χ3n) is 4.64. The zero-order valence-corrected chi connectivity index (χ0v) is 15.9. The van der Waals surface area contributed by atoms with E-state index in [1.165, 1.54) is 16.4 Å². The number of imidazole rings is 1. The molecule has 0 unspecified atom stereocenters. The normalized spacial score (nSPS) is 16.0. The zero-order valence-electron chi connectivity index (χ0n) is 14.3. The number of aromatic nitrogens is 2. The highest BCUT2D eigenvalue weighted by atomic mass is 35.5. The highest BCUT2D eigenvalue weighted by Gasteiger charge is 2.30. The quantitative estimate of drug-likeness (QED) is 0.726. The zero-order chi connectivity index (χ0) is 19.0. The van der Waals surface area contributed by atoms with Gasteiger partial charge in [-0.1, -0.05) is 11.6 Å². The predicted molar refractivity (Wildman–Crippen MR) is 102 cm³/mol. The third kappa shape index (κ3) is 3.43. The van der Waals surface area contributed by atoms with E-state index in [0.717, 1.165) is 11.0 Å². The first-order valence-corrected chi connectivity index (χ1v) is 10.2. The van der Waals surface area contributed by atoms with Crippen LogP contribution in [0.25, 0.3) is 11.0 Å². The van der Waals surface area contributed by atoms with Crippen molar-refractivity contribution in [2.45, 2.75) is 4.90 Å². The molecule has 1 amide bonds. The van der Waals surface area contributed by atoms with Gasteiger partial charge in [-0.3, -0.25) is 4.79 Å². The lowest BCUT2D eigenvalue weighted by molar-refractivity contribution is 0.0698. The van der Waals surface area contributed by atoms with E-state index in [1.54, 1.807) is 41.6 Å². The standard InChI is InChI=1S/C18H17ClN4O3S/c19-14-2-4-15(5-3-14)27(25,26)23-9-7-22(8-10-23)18(24)13-1-6-16-17(11-13)21-12-20-16/h1-6,11-12H,7-10H2,(H,20,21). The maximum Gasteiger partial charge on any atom is 0.254 e. The van der Waals surface area contributed by atoms with Gasteiger partial charge in [0.1, 0.15) is 0 Å². The number of aromatic amines is 1. The van der Waals surface area contributed by atoms with E-state index in [4.69, 9.17) is 11.6 Å². The number of hydrogen-bond acceptors (Lipinski definition) is 4. The van der Waals surface area contributed by atoms with E-state index < -0.39 is 10.0 Å². The molecular weight excluding hydrogens is 388 g/mol. The number of fused-ring (bicyclic) bond motifs is 1. The molecule has 7 nitrogen and oxygen atoms in total. The van der Waals surface area contributed by atoms with Crippen LogP contribution in [0.4, 0.5) is 0 Å². The van der Waals surface area contributed by atoms with E-state index >= 15 is 0 Å². The number of sulfonamides is 1. The van der Waals surface area contributed by atoms with Crippen molar-refractivity contribution in [2.24, 2.45) is 0 Å². The van der Waals surface area contributed by atoms with Crippen molar-refractivity contribution in [3.8, 4) is 0 Å². The van der Waals surface area contributed by atoms with Crippen LogP contribution in [0, 0.1) is 0 Å². The van der Waals surface area contributed by atoms with Crippen molar-refractivity contribution in [1.82, 2.24) is 19.2 Å². The summed E-state index contributed by atoms with van der Waals surface area (Å²) < 4.78 is 26.9. The largest absolute Gasteiger partial charge is 0.345 e. The molecule has 0 radical (unpaired) electrons. The number of piperazine rings is 1. The molecule has 0 spiro atoms. The predicted octanol–water partition coefficient (Wildman–Crippen LogP) is 2.36. The molecule has 1 aliphatic rings. The van der Waals surface area contributed by atoms with E-state index in [9.17, 15) is 13.2 Å². The maximum atomic E-state index is 12.7. The Balaban J connectivity index is 1.46. The molecule has 0 atom stereocenters. The maximum absolute atomic E-state index is 12.7. The Morgan fingerprint density at radius 3 is 2.44 bits per heavy atom. The smallest absolute Gasteiger partial charge is 0.254 e. The van der Waals surface area contributed by atoms with Crippen LogP contribution in [-0.2, 0) is 10.0 Å². The van der Waals surface area contributed by atoms with E-state index in [2.05, 4.69) is 9.97 Å². The van der Waals surface area contributed by atoms with Crippen LogP contribution >= 0.6 is 11.6 Å². The van der Waals surface area contributed by atoms with Crippen LogP contribution in [0.5, 0.6) is 0 Å². The van der Waals surface area contributed by atoms with E-state index in [1.807, 2.05) is 0 Å². The molecule has 1 saturated heterocycles. The molecule has 9 heteroatoms. The van der Waals surface area contributed by atoms with Crippen molar-refractivity contribution < 1.29 is 13.2 Å². The minimum Gasteiger partial charge on any atom is -0.345 e. The van der Waals surface area contributed by atoms with Crippen LogP contribution in [0.2, 0.25) is 5.02 Å². The van der Waals surface area contributed by atoms with Crippen LogP contribution in [-0.4, -0.2) is 59.7 Å². The Bertz CT molecular complexity index is 1090. The van der Waals surface area contributed by atoms with Gasteiger partial charge in [-0.25, -0.2) is 13.4 Å². The number of carbonyl (C=O) groups excluding carboxylic acids is 1. The number of hydrogen-bond donors (Lipinski definition) is 1. The summed E-state index contributed by atoms with van der Waals surface area (Å²) in [7, 11) is -3.59. The van der Waals surface area contributed by atoms with Crippen LogP contribution in [0.15, 0.2) is 53.7 Å². The topological polar surface area (TPSA) is 86.4 Å². The lowest BCUT2D eigenvalue weighted by Gasteiger charge is -2.34. The highest BCUT2D eigenvalue weighted by molar-refractivity contribution is 7.89. The first-order chi connectivity index (χ1) is 12.9. The summed E-state index contributed by atoms with van der Waals surface area (Å²) in [6, 6.07) is 11.4. The number of carbonyl (C=O) groups is 1. The van der Waals surface area contributed by atoms with Crippen molar-refractivity contribution in [3.05, 3.63) is 59.4 Å². The minimum atomic E-state index is -3.59. The van der Waals surface area contributed by atoms with Crippen molar-refractivity contribution in [2.75, 3.05) is 26.2 Å². The fraction of sp³-hybridized carbons (Fsp3) is 0.222. The molecule has 1 fully saturated rings. The number of benzene rings is 2. The molecule has 0 aliphatic carbocycles. The second-order valence-electron chi connectivity index (χ2n) is 6.28. The number of amides is 1. The van der Waals surface area contributed by atoms with Gasteiger partial charge >= 0.3 is 0 Å². The fourth-order valence-electron chi connectivity index (χ4n) is 3.14. The third-order valence-corrected chi connectivity index (χ3v) is 6.81. The van der Waals surface area contributed by atoms with Crippen LogP contribution in [0.1, 0.15) is 10.4 Å². The number of H-pyrrole nitrogens is 1. The highest BCUT2D eigenvalue weighted by Crippen LogP contribution is 2.21. The molecule has 2 heterocycles. The molecule has 140 valence electrons. The number of rotatable bonds is 3. The van der Waals surface area contributed by atoms with Gasteiger partial charge in [0, 0.05) is 36.8 Å². The van der Waals surface area contributed by atoms with Gasteiger partial charge in [-0.2, -0.15) is 4.31 Å². The Kier molecular flexibility index (Phi) is 4.63. The van der Waals surface area contributed by atoms with Gasteiger partial charge < -0.3 is 9.88 Å². The summed E-state index contributed by atoms with van der Waals surface area (Å²) in [6.07, 6.45) is 1.58. The Labute approximate surface area is 161 Å². The Morgan fingerprint density at radius 1 is 1.04 bits per heavy atom. The summed E-state index contributed by atoms with van der Waals surface area (Å²) in [5.74, 6) is -0.116. The van der Waals surface area contributed by atoms with Gasteiger partial charge in [0.2, 0.25) is 10.0 Å².